The van der Waals surface area contributed by atoms with Crippen LogP contribution in [-0.2, 0) is 0 Å². The minimum absolute atomic E-state index is 0.202. The predicted molar refractivity (Wildman–Crippen MR) is 47.6 cm³/mol. The summed E-state index contributed by atoms with van der Waals surface area (Å²) >= 11 is 0. The van der Waals surface area contributed by atoms with Crippen LogP contribution in [0.15, 0.2) is 0 Å². The van der Waals surface area contributed by atoms with Crippen LogP contribution in [0.5, 0.6) is 0 Å². The molecule has 5 heteroatoms. The molecule has 6 N–H and O–H groups in total. The van der Waals surface area contributed by atoms with E-state index in [4.69, 9.17) is 10.8 Å². The van der Waals surface area contributed by atoms with Gasteiger partial charge in [-0.2, -0.15) is 0 Å². The fraction of sp³-hybridized carbons (Fsp3) is 1.00. The van der Waals surface area contributed by atoms with Crippen LogP contribution in [0, 0.1) is 11.8 Å². The van der Waals surface area contributed by atoms with Crippen molar-refractivity contribution in [3.05, 3.63) is 0 Å². The molecule has 0 heterocycles. The summed E-state index contributed by atoms with van der Waals surface area (Å²) in [4.78, 5) is 0. The van der Waals surface area contributed by atoms with Gasteiger partial charge in [-0.3, -0.25) is 0 Å². The normalized spacial score (nSPS) is 19.6. The molecule has 0 bridgehead atoms. The number of hydrogen-bond donors (Lipinski definition) is 5. The lowest BCUT2D eigenvalue weighted by molar-refractivity contribution is -0.214. The quantitative estimate of drug-likeness (QED) is 0.333. The van der Waals surface area contributed by atoms with Gasteiger partial charge in [-0.15, -0.1) is 0 Å². The lowest BCUT2D eigenvalue weighted by Gasteiger charge is -2.33. The first-order valence-electron chi connectivity index (χ1n) is 4.30. The first kappa shape index (κ1) is 12.8. The van der Waals surface area contributed by atoms with E-state index in [1.165, 1.54) is 6.92 Å². The zero-order valence-corrected chi connectivity index (χ0v) is 8.01. The Morgan fingerprint density at radius 3 is 2.08 bits per heavy atom. The monoisotopic (exact) mass is 193 g/mol. The van der Waals surface area contributed by atoms with E-state index in [2.05, 4.69) is 0 Å². The molecule has 3 unspecified atom stereocenters. The Kier molecular flexibility index (Phi) is 4.80. The van der Waals surface area contributed by atoms with Crippen LogP contribution < -0.4 is 5.73 Å². The van der Waals surface area contributed by atoms with Crippen LogP contribution in [-0.4, -0.2) is 45.5 Å². The van der Waals surface area contributed by atoms with Gasteiger partial charge in [-0.05, 0) is 0 Å². The molecule has 0 fully saturated rings. The molecule has 0 aliphatic carbocycles. The molecule has 0 aromatic rings. The van der Waals surface area contributed by atoms with Gasteiger partial charge in [0.05, 0.1) is 6.10 Å². The van der Waals surface area contributed by atoms with Crippen molar-refractivity contribution in [2.75, 3.05) is 13.2 Å². The summed E-state index contributed by atoms with van der Waals surface area (Å²) < 4.78 is 0. The Morgan fingerprint density at radius 1 is 1.31 bits per heavy atom. The fourth-order valence-corrected chi connectivity index (χ4v) is 1.06. The van der Waals surface area contributed by atoms with Gasteiger partial charge in [0.15, 0.2) is 5.79 Å². The van der Waals surface area contributed by atoms with Gasteiger partial charge in [0.2, 0.25) is 0 Å². The molecule has 0 saturated carbocycles. The van der Waals surface area contributed by atoms with Crippen molar-refractivity contribution in [3.8, 4) is 0 Å². The van der Waals surface area contributed by atoms with Gasteiger partial charge >= 0.3 is 0 Å². The maximum atomic E-state index is 9.52. The second-order valence-corrected chi connectivity index (χ2v) is 3.52. The summed E-state index contributed by atoms with van der Waals surface area (Å²) in [6.07, 6.45) is -0.983. The van der Waals surface area contributed by atoms with Crippen LogP contribution in [0.4, 0.5) is 0 Å². The third kappa shape index (κ3) is 3.21. The van der Waals surface area contributed by atoms with E-state index in [0.717, 1.165) is 0 Å². The number of nitrogens with two attached hydrogens (primary N) is 1. The van der Waals surface area contributed by atoms with E-state index >= 15 is 0 Å². The number of rotatable bonds is 5. The summed E-state index contributed by atoms with van der Waals surface area (Å²) in [5.41, 5.74) is 5.11. The van der Waals surface area contributed by atoms with Crippen molar-refractivity contribution in [2.24, 2.45) is 17.6 Å². The van der Waals surface area contributed by atoms with E-state index < -0.39 is 23.7 Å². The predicted octanol–water partition coefficient (Wildman–Crippen LogP) is -1.75. The summed E-state index contributed by atoms with van der Waals surface area (Å²) in [6.45, 7) is 2.55. The first-order chi connectivity index (χ1) is 5.86. The van der Waals surface area contributed by atoms with E-state index in [9.17, 15) is 15.3 Å². The minimum atomic E-state index is -2.08. The molecule has 0 rings (SSSR count). The second kappa shape index (κ2) is 4.88. The number of aliphatic hydroxyl groups is 4. The third-order valence-electron chi connectivity index (χ3n) is 2.41. The van der Waals surface area contributed by atoms with Crippen LogP contribution in [0.2, 0.25) is 0 Å². The van der Waals surface area contributed by atoms with Gasteiger partial charge in [-0.25, -0.2) is 0 Å². The molecule has 3 atom stereocenters. The zero-order valence-electron chi connectivity index (χ0n) is 8.01. The van der Waals surface area contributed by atoms with Crippen LogP contribution in [0.3, 0.4) is 0 Å². The van der Waals surface area contributed by atoms with Gasteiger partial charge in [0, 0.05) is 25.0 Å². The van der Waals surface area contributed by atoms with E-state index in [-0.39, 0.29) is 13.2 Å². The summed E-state index contributed by atoms with van der Waals surface area (Å²) in [6, 6.07) is 0. The molecule has 0 saturated heterocycles. The third-order valence-corrected chi connectivity index (χ3v) is 2.41. The highest BCUT2D eigenvalue weighted by atomic mass is 16.5. The van der Waals surface area contributed by atoms with Gasteiger partial charge in [0.25, 0.3) is 0 Å². The summed E-state index contributed by atoms with van der Waals surface area (Å²) in [5.74, 6) is -3.28. The van der Waals surface area contributed by atoms with Crippen molar-refractivity contribution < 1.29 is 20.4 Å². The van der Waals surface area contributed by atoms with Crippen LogP contribution >= 0.6 is 0 Å². The molecule has 0 aromatic heterocycles. The highest BCUT2D eigenvalue weighted by Gasteiger charge is 2.36. The largest absolute Gasteiger partial charge is 0.396 e. The molecule has 80 valence electrons. The maximum absolute atomic E-state index is 9.52. The Hall–Kier alpha value is -0.200. The average molecular weight is 193 g/mol. The molecule has 0 radical (unpaired) electrons. The van der Waals surface area contributed by atoms with Crippen molar-refractivity contribution in [1.82, 2.24) is 0 Å². The van der Waals surface area contributed by atoms with Gasteiger partial charge < -0.3 is 26.2 Å². The molecule has 13 heavy (non-hydrogen) atoms. The van der Waals surface area contributed by atoms with Crippen molar-refractivity contribution in [1.29, 1.82) is 0 Å². The lowest BCUT2D eigenvalue weighted by Crippen LogP contribution is -2.50. The van der Waals surface area contributed by atoms with Gasteiger partial charge in [-0.1, -0.05) is 13.8 Å². The van der Waals surface area contributed by atoms with Gasteiger partial charge in [0.1, 0.15) is 0 Å². The van der Waals surface area contributed by atoms with E-state index in [0.29, 0.717) is 0 Å². The molecular weight excluding hydrogens is 174 g/mol. The Labute approximate surface area is 77.8 Å². The topological polar surface area (TPSA) is 107 Å². The standard InChI is InChI=1S/C8H19NO4/c1-5(3-10)7(11)6(2)8(12,13)4-9/h5-7,10-13H,3-4,9H2,1-2H3. The number of hydrogen-bond acceptors (Lipinski definition) is 5. The van der Waals surface area contributed by atoms with E-state index in [1.54, 1.807) is 6.92 Å². The maximum Gasteiger partial charge on any atom is 0.180 e. The Bertz CT molecular complexity index is 151. The zero-order chi connectivity index (χ0) is 10.6. The Morgan fingerprint density at radius 2 is 1.77 bits per heavy atom. The molecule has 0 aliphatic heterocycles. The summed E-state index contributed by atoms with van der Waals surface area (Å²) in [5, 5.41) is 36.8. The lowest BCUT2D eigenvalue weighted by atomic mass is 9.87. The number of aliphatic hydroxyl groups excluding tert-OH is 2. The smallest absolute Gasteiger partial charge is 0.180 e. The molecular formula is C8H19NO4. The van der Waals surface area contributed by atoms with Crippen LogP contribution in [0.25, 0.3) is 0 Å². The SMILES string of the molecule is CC(CO)C(O)C(C)C(O)(O)CN. The van der Waals surface area contributed by atoms with Crippen molar-refractivity contribution in [2.45, 2.75) is 25.7 Å². The highest BCUT2D eigenvalue weighted by molar-refractivity contribution is 4.81. The van der Waals surface area contributed by atoms with E-state index in [1.807, 2.05) is 0 Å². The van der Waals surface area contributed by atoms with Crippen LogP contribution in [0.1, 0.15) is 13.8 Å². The first-order valence-corrected chi connectivity index (χ1v) is 4.30. The fourth-order valence-electron chi connectivity index (χ4n) is 1.06. The molecule has 0 spiro atoms. The Balaban J connectivity index is 4.32. The second-order valence-electron chi connectivity index (χ2n) is 3.52. The average Bonchev–Trinajstić information content (AvgIpc) is 2.14. The highest BCUT2D eigenvalue weighted by Crippen LogP contribution is 2.21. The van der Waals surface area contributed by atoms with Crippen molar-refractivity contribution >= 4 is 0 Å². The molecule has 0 aliphatic rings. The summed E-state index contributed by atoms with van der Waals surface area (Å²) in [7, 11) is 0. The minimum Gasteiger partial charge on any atom is -0.396 e. The molecule has 5 nitrogen and oxygen atoms in total. The molecule has 0 amide bonds. The van der Waals surface area contributed by atoms with Crippen molar-refractivity contribution in [3.63, 3.8) is 0 Å². The molecule has 0 aromatic carbocycles.